The van der Waals surface area contributed by atoms with Gasteiger partial charge in [0.15, 0.2) is 0 Å². The monoisotopic (exact) mass is 420 g/mol. The molecule has 0 saturated heterocycles. The number of hydrogen-bond acceptors (Lipinski definition) is 2. The highest BCUT2D eigenvalue weighted by Gasteiger charge is 2.16. The Labute approximate surface area is 179 Å². The van der Waals surface area contributed by atoms with E-state index in [1.54, 1.807) is 18.2 Å². The van der Waals surface area contributed by atoms with Crippen molar-refractivity contribution in [3.63, 3.8) is 0 Å². The van der Waals surface area contributed by atoms with Crippen molar-refractivity contribution in [3.8, 4) is 11.3 Å². The predicted octanol–water partition coefficient (Wildman–Crippen LogP) is 7.08. The molecule has 0 aliphatic rings. The first-order valence-corrected chi connectivity index (χ1v) is 9.92. The third kappa shape index (κ3) is 3.84. The molecule has 0 unspecified atom stereocenters. The van der Waals surface area contributed by atoms with Gasteiger partial charge in [0.1, 0.15) is 0 Å². The number of amides is 1. The van der Waals surface area contributed by atoms with Gasteiger partial charge in [-0.05, 0) is 61.4 Å². The van der Waals surface area contributed by atoms with Gasteiger partial charge in [-0.2, -0.15) is 0 Å². The lowest BCUT2D eigenvalue weighted by atomic mass is 10.0. The van der Waals surface area contributed by atoms with Gasteiger partial charge in [0.2, 0.25) is 0 Å². The first kappa shape index (κ1) is 19.4. The largest absolute Gasteiger partial charge is 0.322 e. The van der Waals surface area contributed by atoms with Crippen LogP contribution in [0.3, 0.4) is 0 Å². The molecule has 4 aromatic rings. The molecule has 0 aliphatic carbocycles. The molecule has 4 rings (SSSR count). The van der Waals surface area contributed by atoms with Crippen LogP contribution in [0.25, 0.3) is 22.2 Å². The number of carbonyl (C=O) groups is 1. The van der Waals surface area contributed by atoms with Gasteiger partial charge >= 0.3 is 0 Å². The SMILES string of the molecule is Cc1cccc(NC(=O)c2cc(-c3ccc(Cl)cc3Cl)nc3ccccc23)c1C. The molecule has 29 heavy (non-hydrogen) atoms. The van der Waals surface area contributed by atoms with Gasteiger partial charge in [-0.15, -0.1) is 0 Å². The van der Waals surface area contributed by atoms with E-state index in [1.165, 1.54) is 0 Å². The molecule has 1 aromatic heterocycles. The van der Waals surface area contributed by atoms with Gasteiger partial charge in [-0.1, -0.05) is 53.5 Å². The Bertz CT molecular complexity index is 1250. The Morgan fingerprint density at radius 2 is 1.72 bits per heavy atom. The summed E-state index contributed by atoms with van der Waals surface area (Å²) in [6, 6.07) is 20.5. The fourth-order valence-corrected chi connectivity index (χ4v) is 3.78. The van der Waals surface area contributed by atoms with Crippen LogP contribution in [0.1, 0.15) is 21.5 Å². The molecule has 1 N–H and O–H groups in total. The number of anilines is 1. The molecule has 0 saturated carbocycles. The predicted molar refractivity (Wildman–Crippen MR) is 121 cm³/mol. The van der Waals surface area contributed by atoms with Crippen LogP contribution < -0.4 is 5.32 Å². The smallest absolute Gasteiger partial charge is 0.256 e. The Hall–Kier alpha value is -2.88. The van der Waals surface area contributed by atoms with Crippen molar-refractivity contribution in [2.24, 2.45) is 0 Å². The highest BCUT2D eigenvalue weighted by atomic mass is 35.5. The molecule has 0 aliphatic heterocycles. The van der Waals surface area contributed by atoms with Gasteiger partial charge in [0, 0.05) is 21.7 Å². The summed E-state index contributed by atoms with van der Waals surface area (Å²) in [6.07, 6.45) is 0. The average molecular weight is 421 g/mol. The van der Waals surface area contributed by atoms with Crippen molar-refractivity contribution in [1.82, 2.24) is 4.98 Å². The summed E-state index contributed by atoms with van der Waals surface area (Å²) in [5.74, 6) is -0.191. The Morgan fingerprint density at radius 3 is 2.52 bits per heavy atom. The van der Waals surface area contributed by atoms with Crippen molar-refractivity contribution in [3.05, 3.63) is 93.5 Å². The highest BCUT2D eigenvalue weighted by Crippen LogP contribution is 2.32. The lowest BCUT2D eigenvalue weighted by Gasteiger charge is -2.13. The molecule has 0 bridgehead atoms. The summed E-state index contributed by atoms with van der Waals surface area (Å²) >= 11 is 12.4. The van der Waals surface area contributed by atoms with E-state index in [1.807, 2.05) is 62.4 Å². The first-order chi connectivity index (χ1) is 13.9. The lowest BCUT2D eigenvalue weighted by Crippen LogP contribution is -2.14. The van der Waals surface area contributed by atoms with Crippen LogP contribution in [0, 0.1) is 13.8 Å². The first-order valence-electron chi connectivity index (χ1n) is 9.17. The summed E-state index contributed by atoms with van der Waals surface area (Å²) < 4.78 is 0. The van der Waals surface area contributed by atoms with Crippen molar-refractivity contribution < 1.29 is 4.79 Å². The average Bonchev–Trinajstić information content (AvgIpc) is 2.70. The summed E-state index contributed by atoms with van der Waals surface area (Å²) in [5, 5.41) is 4.86. The second-order valence-corrected chi connectivity index (χ2v) is 7.74. The summed E-state index contributed by atoms with van der Waals surface area (Å²) in [4.78, 5) is 17.9. The van der Waals surface area contributed by atoms with Crippen LogP contribution in [0.4, 0.5) is 5.69 Å². The number of aromatic nitrogens is 1. The fraction of sp³-hybridized carbons (Fsp3) is 0.0833. The minimum Gasteiger partial charge on any atom is -0.322 e. The Kier molecular flexibility index (Phi) is 5.27. The van der Waals surface area contributed by atoms with Crippen molar-refractivity contribution in [1.29, 1.82) is 0 Å². The van der Waals surface area contributed by atoms with E-state index in [-0.39, 0.29) is 5.91 Å². The molecule has 0 spiro atoms. The molecule has 0 radical (unpaired) electrons. The molecule has 0 fully saturated rings. The number of para-hydroxylation sites is 1. The second kappa shape index (κ2) is 7.86. The molecule has 3 aromatic carbocycles. The van der Waals surface area contributed by atoms with Crippen LogP contribution in [0.2, 0.25) is 10.0 Å². The van der Waals surface area contributed by atoms with E-state index < -0.39 is 0 Å². The van der Waals surface area contributed by atoms with Crippen molar-refractivity contribution in [2.75, 3.05) is 5.32 Å². The molecule has 144 valence electrons. The van der Waals surface area contributed by atoms with Gasteiger partial charge in [-0.25, -0.2) is 4.98 Å². The number of hydrogen-bond donors (Lipinski definition) is 1. The molecular formula is C24H18Cl2N2O. The zero-order chi connectivity index (χ0) is 20.5. The third-order valence-electron chi connectivity index (χ3n) is 5.02. The second-order valence-electron chi connectivity index (χ2n) is 6.90. The molecule has 1 amide bonds. The summed E-state index contributed by atoms with van der Waals surface area (Å²) in [6.45, 7) is 4.02. The Balaban J connectivity index is 1.84. The lowest BCUT2D eigenvalue weighted by molar-refractivity contribution is 0.102. The van der Waals surface area contributed by atoms with E-state index in [9.17, 15) is 4.79 Å². The number of carbonyl (C=O) groups excluding carboxylic acids is 1. The van der Waals surface area contributed by atoms with Crippen LogP contribution >= 0.6 is 23.2 Å². The maximum Gasteiger partial charge on any atom is 0.256 e. The highest BCUT2D eigenvalue weighted by molar-refractivity contribution is 6.36. The number of pyridine rings is 1. The number of halogens is 2. The molecule has 5 heteroatoms. The summed E-state index contributed by atoms with van der Waals surface area (Å²) in [7, 11) is 0. The van der Waals surface area contributed by atoms with Crippen LogP contribution in [-0.2, 0) is 0 Å². The maximum atomic E-state index is 13.2. The number of aryl methyl sites for hydroxylation is 1. The number of rotatable bonds is 3. The van der Waals surface area contributed by atoms with E-state index in [0.717, 1.165) is 33.3 Å². The van der Waals surface area contributed by atoms with Gasteiger partial charge < -0.3 is 5.32 Å². The molecule has 0 atom stereocenters. The van der Waals surface area contributed by atoms with Crippen LogP contribution in [0.15, 0.2) is 66.7 Å². The van der Waals surface area contributed by atoms with E-state index in [2.05, 4.69) is 5.32 Å². The normalized spacial score (nSPS) is 10.9. The minimum atomic E-state index is -0.191. The zero-order valence-electron chi connectivity index (χ0n) is 16.0. The number of nitrogens with zero attached hydrogens (tertiary/aromatic N) is 1. The molecule has 1 heterocycles. The van der Waals surface area contributed by atoms with E-state index >= 15 is 0 Å². The van der Waals surface area contributed by atoms with Crippen LogP contribution in [-0.4, -0.2) is 10.9 Å². The zero-order valence-corrected chi connectivity index (χ0v) is 17.5. The van der Waals surface area contributed by atoms with Gasteiger partial charge in [0.25, 0.3) is 5.91 Å². The topological polar surface area (TPSA) is 42.0 Å². The Morgan fingerprint density at radius 1 is 0.931 bits per heavy atom. The maximum absolute atomic E-state index is 13.2. The van der Waals surface area contributed by atoms with Crippen LogP contribution in [0.5, 0.6) is 0 Å². The molecular weight excluding hydrogens is 403 g/mol. The number of nitrogens with one attached hydrogen (secondary N) is 1. The minimum absolute atomic E-state index is 0.191. The third-order valence-corrected chi connectivity index (χ3v) is 5.57. The van der Waals surface area contributed by atoms with E-state index in [4.69, 9.17) is 28.2 Å². The quantitative estimate of drug-likeness (QED) is 0.384. The fourth-order valence-electron chi connectivity index (χ4n) is 3.27. The summed E-state index contributed by atoms with van der Waals surface area (Å²) in [5.41, 5.74) is 5.57. The van der Waals surface area contributed by atoms with Gasteiger partial charge in [-0.3, -0.25) is 4.79 Å². The van der Waals surface area contributed by atoms with Crippen molar-refractivity contribution in [2.45, 2.75) is 13.8 Å². The van der Waals surface area contributed by atoms with Gasteiger partial charge in [0.05, 0.1) is 21.8 Å². The van der Waals surface area contributed by atoms with Crippen molar-refractivity contribution >= 4 is 45.7 Å². The number of benzene rings is 3. The standard InChI is InChI=1S/C24H18Cl2N2O/c1-14-6-5-9-21(15(14)2)28-24(29)19-13-23(18-11-10-16(25)12-20(18)26)27-22-8-4-3-7-17(19)22/h3-13H,1-2H3,(H,28,29). The molecule has 3 nitrogen and oxygen atoms in total. The van der Waals surface area contributed by atoms with E-state index in [0.29, 0.717) is 21.3 Å². The number of fused-ring (bicyclic) bond motifs is 1.